The monoisotopic (exact) mass is 311 g/mol. The highest BCUT2D eigenvalue weighted by Crippen LogP contribution is 2.29. The number of amides is 1. The fraction of sp³-hybridized carbons (Fsp3) is 0.263. The van der Waals surface area contributed by atoms with E-state index in [1.807, 2.05) is 30.3 Å². The number of esters is 1. The molecule has 23 heavy (non-hydrogen) atoms. The Labute approximate surface area is 136 Å². The quantitative estimate of drug-likeness (QED) is 0.874. The zero-order valence-electron chi connectivity index (χ0n) is 13.6. The molecule has 0 aliphatic carbocycles. The molecule has 0 unspecified atom stereocenters. The lowest BCUT2D eigenvalue weighted by Crippen LogP contribution is -2.23. The number of hydrogen-bond acceptors (Lipinski definition) is 3. The second kappa shape index (κ2) is 7.09. The van der Waals surface area contributed by atoms with Gasteiger partial charge < -0.3 is 10.1 Å². The molecule has 0 atom stereocenters. The maximum atomic E-state index is 12.0. The second-order valence-electron chi connectivity index (χ2n) is 6.29. The Bertz CT molecular complexity index is 687. The van der Waals surface area contributed by atoms with Crippen molar-refractivity contribution in [1.29, 1.82) is 0 Å². The van der Waals surface area contributed by atoms with Crippen LogP contribution in [0.5, 0.6) is 0 Å². The van der Waals surface area contributed by atoms with E-state index in [4.69, 9.17) is 4.74 Å². The third-order valence-electron chi connectivity index (χ3n) is 3.35. The molecule has 0 aromatic heterocycles. The van der Waals surface area contributed by atoms with Crippen molar-refractivity contribution in [2.75, 3.05) is 11.9 Å². The van der Waals surface area contributed by atoms with Gasteiger partial charge in [-0.3, -0.25) is 4.79 Å². The Balaban J connectivity index is 1.97. The van der Waals surface area contributed by atoms with Gasteiger partial charge >= 0.3 is 5.97 Å². The van der Waals surface area contributed by atoms with Crippen molar-refractivity contribution < 1.29 is 14.3 Å². The summed E-state index contributed by atoms with van der Waals surface area (Å²) in [7, 11) is 0. The first-order chi connectivity index (χ1) is 10.9. The lowest BCUT2D eigenvalue weighted by atomic mass is 9.86. The molecule has 1 N–H and O–H groups in total. The van der Waals surface area contributed by atoms with Crippen LogP contribution in [0.2, 0.25) is 0 Å². The number of rotatable bonds is 4. The summed E-state index contributed by atoms with van der Waals surface area (Å²) in [5, 5.41) is 2.81. The van der Waals surface area contributed by atoms with Crippen molar-refractivity contribution in [3.63, 3.8) is 0 Å². The van der Waals surface area contributed by atoms with Crippen LogP contribution in [0.15, 0.2) is 54.6 Å². The summed E-state index contributed by atoms with van der Waals surface area (Å²) in [6.45, 7) is 5.92. The van der Waals surface area contributed by atoms with E-state index >= 15 is 0 Å². The fourth-order valence-electron chi connectivity index (χ4n) is 2.22. The smallest absolute Gasteiger partial charge is 0.338 e. The zero-order chi connectivity index (χ0) is 16.9. The van der Waals surface area contributed by atoms with Crippen molar-refractivity contribution in [3.05, 3.63) is 65.7 Å². The SMILES string of the molecule is CC(C)(C)c1ccccc1NC(=O)COC(=O)c1ccccc1. The van der Waals surface area contributed by atoms with Gasteiger partial charge in [-0.1, -0.05) is 57.2 Å². The molecule has 0 aliphatic heterocycles. The van der Waals surface area contributed by atoms with Crippen LogP contribution in [0, 0.1) is 0 Å². The minimum absolute atomic E-state index is 0.0927. The molecule has 4 heteroatoms. The molecule has 0 fully saturated rings. The van der Waals surface area contributed by atoms with Crippen molar-refractivity contribution >= 4 is 17.6 Å². The van der Waals surface area contributed by atoms with Crippen LogP contribution in [-0.4, -0.2) is 18.5 Å². The molecule has 4 nitrogen and oxygen atoms in total. The van der Waals surface area contributed by atoms with Crippen LogP contribution >= 0.6 is 0 Å². The van der Waals surface area contributed by atoms with Gasteiger partial charge in [0.25, 0.3) is 5.91 Å². The summed E-state index contributed by atoms with van der Waals surface area (Å²) in [4.78, 5) is 23.9. The number of para-hydroxylation sites is 1. The first-order valence-corrected chi connectivity index (χ1v) is 7.49. The summed E-state index contributed by atoms with van der Waals surface area (Å²) < 4.78 is 5.04. The van der Waals surface area contributed by atoms with Crippen molar-refractivity contribution in [2.24, 2.45) is 0 Å². The summed E-state index contributed by atoms with van der Waals surface area (Å²) >= 11 is 0. The van der Waals surface area contributed by atoms with Gasteiger partial charge in [0.1, 0.15) is 0 Å². The molecule has 0 radical (unpaired) electrons. The predicted molar refractivity (Wildman–Crippen MR) is 90.5 cm³/mol. The van der Waals surface area contributed by atoms with E-state index in [1.54, 1.807) is 24.3 Å². The largest absolute Gasteiger partial charge is 0.452 e. The van der Waals surface area contributed by atoms with Crippen molar-refractivity contribution in [1.82, 2.24) is 0 Å². The molecule has 0 aliphatic rings. The second-order valence-corrected chi connectivity index (χ2v) is 6.29. The highest BCUT2D eigenvalue weighted by Gasteiger charge is 2.19. The van der Waals surface area contributed by atoms with E-state index in [-0.39, 0.29) is 17.9 Å². The number of ether oxygens (including phenoxy) is 1. The first-order valence-electron chi connectivity index (χ1n) is 7.49. The minimum Gasteiger partial charge on any atom is -0.452 e. The Hall–Kier alpha value is -2.62. The number of benzene rings is 2. The molecule has 2 aromatic rings. The summed E-state index contributed by atoms with van der Waals surface area (Å²) in [5.74, 6) is -0.865. The molecule has 0 saturated heterocycles. The molecule has 0 saturated carbocycles. The van der Waals surface area contributed by atoms with Crippen LogP contribution in [0.3, 0.4) is 0 Å². The molecular formula is C19H21NO3. The molecule has 120 valence electrons. The molecule has 2 aromatic carbocycles. The van der Waals surface area contributed by atoms with E-state index in [2.05, 4.69) is 26.1 Å². The van der Waals surface area contributed by atoms with Gasteiger partial charge in [0.2, 0.25) is 0 Å². The number of carbonyl (C=O) groups is 2. The van der Waals surface area contributed by atoms with Crippen LogP contribution < -0.4 is 5.32 Å². The third-order valence-corrected chi connectivity index (χ3v) is 3.35. The van der Waals surface area contributed by atoms with E-state index in [1.165, 1.54) is 0 Å². The standard InChI is InChI=1S/C19H21NO3/c1-19(2,3)15-11-7-8-12-16(15)20-17(21)13-23-18(22)14-9-5-4-6-10-14/h4-12H,13H2,1-3H3,(H,20,21). The van der Waals surface area contributed by atoms with E-state index < -0.39 is 5.97 Å². The van der Waals surface area contributed by atoms with Gasteiger partial charge in [-0.25, -0.2) is 4.79 Å². The molecule has 0 heterocycles. The Morgan fingerprint density at radius 1 is 0.957 bits per heavy atom. The van der Waals surface area contributed by atoms with Gasteiger partial charge in [0.15, 0.2) is 6.61 Å². The maximum absolute atomic E-state index is 12.0. The van der Waals surface area contributed by atoms with Crippen molar-refractivity contribution in [2.45, 2.75) is 26.2 Å². The van der Waals surface area contributed by atoms with Crippen LogP contribution in [0.1, 0.15) is 36.7 Å². The normalized spacial score (nSPS) is 10.9. The van der Waals surface area contributed by atoms with E-state index in [0.717, 1.165) is 11.3 Å². The summed E-state index contributed by atoms with van der Waals surface area (Å²) in [6, 6.07) is 16.2. The predicted octanol–water partition coefficient (Wildman–Crippen LogP) is 3.78. The van der Waals surface area contributed by atoms with Gasteiger partial charge in [-0.2, -0.15) is 0 Å². The summed E-state index contributed by atoms with van der Waals surface area (Å²) in [6.07, 6.45) is 0. The van der Waals surface area contributed by atoms with Gasteiger partial charge in [0.05, 0.1) is 5.56 Å². The number of anilines is 1. The number of carbonyl (C=O) groups excluding carboxylic acids is 2. The minimum atomic E-state index is -0.509. The average Bonchev–Trinajstić information content (AvgIpc) is 2.53. The van der Waals surface area contributed by atoms with Gasteiger partial charge in [0, 0.05) is 5.69 Å². The molecular weight excluding hydrogens is 290 g/mol. The Morgan fingerprint density at radius 3 is 2.22 bits per heavy atom. The zero-order valence-corrected chi connectivity index (χ0v) is 13.6. The van der Waals surface area contributed by atoms with Crippen LogP contribution in [0.4, 0.5) is 5.69 Å². The van der Waals surface area contributed by atoms with Crippen molar-refractivity contribution in [3.8, 4) is 0 Å². The first kappa shape index (κ1) is 16.7. The molecule has 2 rings (SSSR count). The fourth-order valence-corrected chi connectivity index (χ4v) is 2.22. The highest BCUT2D eigenvalue weighted by molar-refractivity contribution is 5.96. The van der Waals surface area contributed by atoms with Gasteiger partial charge in [-0.05, 0) is 29.2 Å². The average molecular weight is 311 g/mol. The van der Waals surface area contributed by atoms with E-state index in [0.29, 0.717) is 5.56 Å². The highest BCUT2D eigenvalue weighted by atomic mass is 16.5. The third kappa shape index (κ3) is 4.68. The molecule has 0 spiro atoms. The van der Waals surface area contributed by atoms with E-state index in [9.17, 15) is 9.59 Å². The lowest BCUT2D eigenvalue weighted by Gasteiger charge is -2.22. The van der Waals surface area contributed by atoms with Crippen LogP contribution in [-0.2, 0) is 14.9 Å². The van der Waals surface area contributed by atoms with Gasteiger partial charge in [-0.15, -0.1) is 0 Å². The topological polar surface area (TPSA) is 55.4 Å². The number of nitrogens with one attached hydrogen (secondary N) is 1. The Kier molecular flexibility index (Phi) is 5.16. The number of hydrogen-bond donors (Lipinski definition) is 1. The lowest BCUT2D eigenvalue weighted by molar-refractivity contribution is -0.119. The molecule has 0 bridgehead atoms. The molecule has 1 amide bonds. The maximum Gasteiger partial charge on any atom is 0.338 e. The summed E-state index contributed by atoms with van der Waals surface area (Å²) in [5.41, 5.74) is 2.10. The Morgan fingerprint density at radius 2 is 1.57 bits per heavy atom. The van der Waals surface area contributed by atoms with Crippen LogP contribution in [0.25, 0.3) is 0 Å².